The van der Waals surface area contributed by atoms with Crippen LogP contribution in [-0.4, -0.2) is 9.55 Å². The van der Waals surface area contributed by atoms with Crippen LogP contribution >= 0.6 is 11.6 Å². The zero-order chi connectivity index (χ0) is 10.2. The SMILES string of the molecule is CCn1cnc(Cl)c1C1(C#N)CCC1. The van der Waals surface area contributed by atoms with Crippen LogP contribution in [0.15, 0.2) is 6.33 Å². The van der Waals surface area contributed by atoms with E-state index in [-0.39, 0.29) is 5.41 Å². The van der Waals surface area contributed by atoms with Crippen molar-refractivity contribution in [2.45, 2.75) is 38.1 Å². The minimum absolute atomic E-state index is 0.358. The second-order valence-electron chi connectivity index (χ2n) is 3.72. The van der Waals surface area contributed by atoms with Gasteiger partial charge in [-0.15, -0.1) is 0 Å². The summed E-state index contributed by atoms with van der Waals surface area (Å²) in [6.45, 7) is 2.85. The highest BCUT2D eigenvalue weighted by molar-refractivity contribution is 6.30. The summed E-state index contributed by atoms with van der Waals surface area (Å²) < 4.78 is 1.98. The van der Waals surface area contributed by atoms with Crippen molar-refractivity contribution < 1.29 is 0 Å². The number of imidazole rings is 1. The summed E-state index contributed by atoms with van der Waals surface area (Å²) in [5.41, 5.74) is 0.555. The van der Waals surface area contributed by atoms with E-state index in [4.69, 9.17) is 11.6 Å². The number of hydrogen-bond donors (Lipinski definition) is 0. The van der Waals surface area contributed by atoms with Crippen molar-refractivity contribution in [1.29, 1.82) is 5.26 Å². The van der Waals surface area contributed by atoms with Gasteiger partial charge in [0.15, 0.2) is 5.15 Å². The molecular weight excluding hydrogens is 198 g/mol. The molecule has 3 nitrogen and oxygen atoms in total. The van der Waals surface area contributed by atoms with E-state index >= 15 is 0 Å². The average Bonchev–Trinajstić information content (AvgIpc) is 2.48. The number of aryl methyl sites for hydroxylation is 1. The molecule has 1 fully saturated rings. The number of rotatable bonds is 2. The molecule has 0 bridgehead atoms. The van der Waals surface area contributed by atoms with Gasteiger partial charge in [-0.1, -0.05) is 11.6 Å². The fraction of sp³-hybridized carbons (Fsp3) is 0.600. The monoisotopic (exact) mass is 209 g/mol. The fourth-order valence-electron chi connectivity index (χ4n) is 2.00. The Balaban J connectivity index is 2.49. The lowest BCUT2D eigenvalue weighted by molar-refractivity contribution is 0.306. The molecule has 0 N–H and O–H groups in total. The lowest BCUT2D eigenvalue weighted by Gasteiger charge is -2.35. The van der Waals surface area contributed by atoms with Crippen molar-refractivity contribution in [3.8, 4) is 6.07 Å². The molecule has 0 aliphatic heterocycles. The molecule has 0 radical (unpaired) electrons. The van der Waals surface area contributed by atoms with E-state index in [1.807, 2.05) is 11.5 Å². The van der Waals surface area contributed by atoms with E-state index in [1.54, 1.807) is 6.33 Å². The highest BCUT2D eigenvalue weighted by atomic mass is 35.5. The van der Waals surface area contributed by atoms with Crippen LogP contribution in [0.3, 0.4) is 0 Å². The number of nitriles is 1. The summed E-state index contributed by atoms with van der Waals surface area (Å²) in [6, 6.07) is 2.39. The quantitative estimate of drug-likeness (QED) is 0.751. The van der Waals surface area contributed by atoms with Crippen LogP contribution in [0.5, 0.6) is 0 Å². The predicted octanol–water partition coefficient (Wildman–Crippen LogP) is 2.50. The molecule has 0 atom stereocenters. The Kier molecular flexibility index (Phi) is 2.24. The van der Waals surface area contributed by atoms with Gasteiger partial charge in [0.1, 0.15) is 5.41 Å². The Morgan fingerprint density at radius 1 is 1.71 bits per heavy atom. The van der Waals surface area contributed by atoms with Gasteiger partial charge in [0.2, 0.25) is 0 Å². The lowest BCUT2D eigenvalue weighted by atomic mass is 9.68. The van der Waals surface area contributed by atoms with E-state index in [0.717, 1.165) is 31.5 Å². The van der Waals surface area contributed by atoms with Crippen molar-refractivity contribution in [3.63, 3.8) is 0 Å². The Bertz CT molecular complexity index is 385. The highest BCUT2D eigenvalue weighted by Gasteiger charge is 2.43. The standard InChI is InChI=1S/C10H12ClN3/c1-2-14-7-13-9(11)8(14)10(6-12)4-3-5-10/h7H,2-5H2,1H3. The Morgan fingerprint density at radius 3 is 2.86 bits per heavy atom. The minimum Gasteiger partial charge on any atom is -0.332 e. The molecule has 0 unspecified atom stereocenters. The molecule has 0 aromatic carbocycles. The van der Waals surface area contributed by atoms with E-state index in [9.17, 15) is 5.26 Å². The molecule has 0 spiro atoms. The van der Waals surface area contributed by atoms with Crippen molar-refractivity contribution in [3.05, 3.63) is 17.2 Å². The summed E-state index contributed by atoms with van der Waals surface area (Å²) in [5.74, 6) is 0. The maximum Gasteiger partial charge on any atom is 0.151 e. The Hall–Kier alpha value is -1.01. The smallest absolute Gasteiger partial charge is 0.151 e. The molecule has 1 saturated carbocycles. The van der Waals surface area contributed by atoms with Gasteiger partial charge in [0.05, 0.1) is 18.1 Å². The first-order valence-electron chi connectivity index (χ1n) is 4.86. The molecular formula is C10H12ClN3. The largest absolute Gasteiger partial charge is 0.332 e. The van der Waals surface area contributed by atoms with Crippen molar-refractivity contribution in [2.24, 2.45) is 0 Å². The fourth-order valence-corrected chi connectivity index (χ4v) is 2.33. The normalized spacial score (nSPS) is 18.6. The van der Waals surface area contributed by atoms with Crippen LogP contribution in [0.1, 0.15) is 31.9 Å². The van der Waals surface area contributed by atoms with Gasteiger partial charge in [-0.2, -0.15) is 5.26 Å². The molecule has 4 heteroatoms. The van der Waals surface area contributed by atoms with E-state index in [2.05, 4.69) is 11.1 Å². The van der Waals surface area contributed by atoms with Gasteiger partial charge in [0.25, 0.3) is 0 Å². The molecule has 1 aromatic heterocycles. The second kappa shape index (κ2) is 3.29. The summed E-state index contributed by atoms with van der Waals surface area (Å²) in [7, 11) is 0. The van der Waals surface area contributed by atoms with Crippen LogP contribution in [0, 0.1) is 11.3 Å². The number of nitrogens with zero attached hydrogens (tertiary/aromatic N) is 3. The maximum absolute atomic E-state index is 9.20. The first-order chi connectivity index (χ1) is 6.73. The molecule has 1 heterocycles. The second-order valence-corrected chi connectivity index (χ2v) is 4.08. The van der Waals surface area contributed by atoms with Crippen LogP contribution < -0.4 is 0 Å². The summed E-state index contributed by atoms with van der Waals surface area (Å²) in [5, 5.41) is 9.70. The van der Waals surface area contributed by atoms with E-state index in [0.29, 0.717) is 5.15 Å². The maximum atomic E-state index is 9.20. The molecule has 1 aliphatic rings. The molecule has 1 aliphatic carbocycles. The third-order valence-electron chi connectivity index (χ3n) is 3.01. The third kappa shape index (κ3) is 1.14. The van der Waals surface area contributed by atoms with Crippen LogP contribution in [0.4, 0.5) is 0 Å². The number of hydrogen-bond acceptors (Lipinski definition) is 2. The van der Waals surface area contributed by atoms with Crippen molar-refractivity contribution >= 4 is 11.6 Å². The van der Waals surface area contributed by atoms with Crippen LogP contribution in [-0.2, 0) is 12.0 Å². The van der Waals surface area contributed by atoms with Crippen molar-refractivity contribution in [2.75, 3.05) is 0 Å². The van der Waals surface area contributed by atoms with Gasteiger partial charge in [-0.25, -0.2) is 4.98 Å². The molecule has 2 rings (SSSR count). The first kappa shape index (κ1) is 9.54. The third-order valence-corrected chi connectivity index (χ3v) is 3.28. The van der Waals surface area contributed by atoms with Crippen LogP contribution in [0.25, 0.3) is 0 Å². The van der Waals surface area contributed by atoms with Crippen LogP contribution in [0.2, 0.25) is 5.15 Å². The molecule has 0 saturated heterocycles. The lowest BCUT2D eigenvalue weighted by Crippen LogP contribution is -2.35. The Labute approximate surface area is 88.3 Å². The molecule has 0 amide bonds. The average molecular weight is 210 g/mol. The summed E-state index contributed by atoms with van der Waals surface area (Å²) in [6.07, 6.45) is 4.65. The Morgan fingerprint density at radius 2 is 2.43 bits per heavy atom. The van der Waals surface area contributed by atoms with Crippen molar-refractivity contribution in [1.82, 2.24) is 9.55 Å². The summed E-state index contributed by atoms with van der Waals surface area (Å²) in [4.78, 5) is 4.06. The molecule has 1 aromatic rings. The van der Waals surface area contributed by atoms with Gasteiger partial charge in [-0.3, -0.25) is 0 Å². The van der Waals surface area contributed by atoms with Gasteiger partial charge in [-0.05, 0) is 26.2 Å². The topological polar surface area (TPSA) is 41.6 Å². The van der Waals surface area contributed by atoms with Gasteiger partial charge in [0, 0.05) is 6.54 Å². The zero-order valence-corrected chi connectivity index (χ0v) is 8.88. The van der Waals surface area contributed by atoms with Gasteiger partial charge < -0.3 is 4.57 Å². The highest BCUT2D eigenvalue weighted by Crippen LogP contribution is 2.45. The van der Waals surface area contributed by atoms with E-state index < -0.39 is 0 Å². The number of halogens is 1. The summed E-state index contributed by atoms with van der Waals surface area (Å²) >= 11 is 6.02. The molecule has 14 heavy (non-hydrogen) atoms. The van der Waals surface area contributed by atoms with Gasteiger partial charge >= 0.3 is 0 Å². The number of aromatic nitrogens is 2. The first-order valence-corrected chi connectivity index (χ1v) is 5.23. The molecule has 74 valence electrons. The minimum atomic E-state index is -0.358. The predicted molar refractivity (Wildman–Crippen MR) is 54.1 cm³/mol. The zero-order valence-electron chi connectivity index (χ0n) is 8.13. The van der Waals surface area contributed by atoms with E-state index in [1.165, 1.54) is 0 Å².